The van der Waals surface area contributed by atoms with Crippen molar-refractivity contribution in [3.8, 4) is 11.3 Å². The fraction of sp³-hybridized carbons (Fsp3) is 0.185. The minimum atomic E-state index is 0.0627. The van der Waals surface area contributed by atoms with Crippen molar-refractivity contribution in [2.45, 2.75) is 6.92 Å². The molecule has 0 spiro atoms. The Hall–Kier alpha value is -3.37. The van der Waals surface area contributed by atoms with Gasteiger partial charge in [0, 0.05) is 47.8 Å². The number of aromatic nitrogens is 1. The average molecular weight is 442 g/mol. The largest absolute Gasteiger partial charge is 0.368 e. The number of rotatable bonds is 3. The van der Waals surface area contributed by atoms with Crippen LogP contribution in [0.5, 0.6) is 0 Å². The van der Waals surface area contributed by atoms with Crippen molar-refractivity contribution in [2.75, 3.05) is 31.1 Å². The molecule has 0 atom stereocenters. The highest BCUT2D eigenvalue weighted by molar-refractivity contribution is 6.30. The van der Waals surface area contributed by atoms with Crippen LogP contribution in [0.25, 0.3) is 22.2 Å². The second kappa shape index (κ2) is 8.64. The van der Waals surface area contributed by atoms with E-state index in [9.17, 15) is 4.79 Å². The quantitative estimate of drug-likeness (QED) is 0.401. The number of pyridine rings is 1. The molecule has 160 valence electrons. The molecule has 0 bridgehead atoms. The Kier molecular flexibility index (Phi) is 5.54. The Labute approximate surface area is 193 Å². The van der Waals surface area contributed by atoms with Gasteiger partial charge in [-0.05, 0) is 43.3 Å². The standard InChI is InChI=1S/C27H24ClN3O/c1-19-6-8-20(9-7-19)26-18-24(23-4-2-3-5-25(23)29-26)27(32)31-16-14-30(15-17-31)22-12-10-21(28)11-13-22/h2-13,18H,14-17H2,1H3. The molecule has 1 aromatic heterocycles. The maximum Gasteiger partial charge on any atom is 0.254 e. The molecule has 1 aliphatic heterocycles. The lowest BCUT2D eigenvalue weighted by Crippen LogP contribution is -2.48. The van der Waals surface area contributed by atoms with Crippen LogP contribution in [-0.4, -0.2) is 42.0 Å². The van der Waals surface area contributed by atoms with E-state index in [1.54, 1.807) is 0 Å². The van der Waals surface area contributed by atoms with Gasteiger partial charge < -0.3 is 9.80 Å². The summed E-state index contributed by atoms with van der Waals surface area (Å²) in [7, 11) is 0. The van der Waals surface area contributed by atoms with Gasteiger partial charge in [-0.15, -0.1) is 0 Å². The first kappa shape index (κ1) is 20.5. The van der Waals surface area contributed by atoms with E-state index in [1.165, 1.54) is 5.56 Å². The monoisotopic (exact) mass is 441 g/mol. The maximum absolute atomic E-state index is 13.6. The Morgan fingerprint density at radius 2 is 1.56 bits per heavy atom. The molecule has 1 aliphatic rings. The summed E-state index contributed by atoms with van der Waals surface area (Å²) in [5.41, 5.74) is 5.73. The van der Waals surface area contributed by atoms with Crippen LogP contribution in [0.4, 0.5) is 5.69 Å². The van der Waals surface area contributed by atoms with Crippen molar-refractivity contribution in [3.05, 3.63) is 95.0 Å². The number of anilines is 1. The van der Waals surface area contributed by atoms with E-state index < -0.39 is 0 Å². The van der Waals surface area contributed by atoms with Crippen LogP contribution < -0.4 is 4.90 Å². The third-order valence-electron chi connectivity index (χ3n) is 6.05. The van der Waals surface area contributed by atoms with Crippen LogP contribution in [0.1, 0.15) is 15.9 Å². The minimum Gasteiger partial charge on any atom is -0.368 e. The lowest BCUT2D eigenvalue weighted by molar-refractivity contribution is 0.0748. The van der Waals surface area contributed by atoms with E-state index in [1.807, 2.05) is 59.5 Å². The number of nitrogens with zero attached hydrogens (tertiary/aromatic N) is 3. The van der Waals surface area contributed by atoms with E-state index >= 15 is 0 Å². The van der Waals surface area contributed by atoms with E-state index in [0.29, 0.717) is 18.7 Å². The highest BCUT2D eigenvalue weighted by Crippen LogP contribution is 2.27. The van der Waals surface area contributed by atoms with Crippen molar-refractivity contribution in [1.82, 2.24) is 9.88 Å². The van der Waals surface area contributed by atoms with Crippen molar-refractivity contribution in [3.63, 3.8) is 0 Å². The topological polar surface area (TPSA) is 36.4 Å². The summed E-state index contributed by atoms with van der Waals surface area (Å²) in [5, 5.41) is 1.63. The van der Waals surface area contributed by atoms with Crippen LogP contribution in [0, 0.1) is 6.92 Å². The number of carbonyl (C=O) groups is 1. The zero-order chi connectivity index (χ0) is 22.1. The third-order valence-corrected chi connectivity index (χ3v) is 6.30. The number of fused-ring (bicyclic) bond motifs is 1. The molecule has 0 radical (unpaired) electrons. The van der Waals surface area contributed by atoms with Crippen molar-refractivity contribution in [1.29, 1.82) is 0 Å². The Bertz CT molecular complexity index is 1260. The summed E-state index contributed by atoms with van der Waals surface area (Å²) in [6.07, 6.45) is 0. The van der Waals surface area contributed by atoms with Gasteiger partial charge in [0.25, 0.3) is 5.91 Å². The molecule has 4 aromatic rings. The molecule has 1 amide bonds. The lowest BCUT2D eigenvalue weighted by atomic mass is 10.0. The predicted molar refractivity (Wildman–Crippen MR) is 131 cm³/mol. The Balaban J connectivity index is 1.43. The van der Waals surface area contributed by atoms with Crippen molar-refractivity contribution in [2.24, 2.45) is 0 Å². The highest BCUT2D eigenvalue weighted by atomic mass is 35.5. The third kappa shape index (κ3) is 4.06. The molecule has 1 fully saturated rings. The summed E-state index contributed by atoms with van der Waals surface area (Å²) < 4.78 is 0. The summed E-state index contributed by atoms with van der Waals surface area (Å²) >= 11 is 6.02. The van der Waals surface area contributed by atoms with E-state index in [2.05, 4.69) is 36.1 Å². The van der Waals surface area contributed by atoms with E-state index in [4.69, 9.17) is 16.6 Å². The SMILES string of the molecule is Cc1ccc(-c2cc(C(=O)N3CCN(c4ccc(Cl)cc4)CC3)c3ccccc3n2)cc1. The lowest BCUT2D eigenvalue weighted by Gasteiger charge is -2.36. The number of amides is 1. The molecule has 4 nitrogen and oxygen atoms in total. The second-order valence-corrected chi connectivity index (χ2v) is 8.63. The van der Waals surface area contributed by atoms with Crippen LogP contribution in [-0.2, 0) is 0 Å². The van der Waals surface area contributed by atoms with Gasteiger partial charge in [0.05, 0.1) is 16.8 Å². The van der Waals surface area contributed by atoms with Gasteiger partial charge >= 0.3 is 0 Å². The average Bonchev–Trinajstić information content (AvgIpc) is 2.84. The zero-order valence-corrected chi connectivity index (χ0v) is 18.7. The highest BCUT2D eigenvalue weighted by Gasteiger charge is 2.24. The smallest absolute Gasteiger partial charge is 0.254 e. The number of piperazine rings is 1. The van der Waals surface area contributed by atoms with Gasteiger partial charge in [-0.2, -0.15) is 0 Å². The number of para-hydroxylation sites is 1. The fourth-order valence-corrected chi connectivity index (χ4v) is 4.34. The molecule has 0 saturated carbocycles. The van der Waals surface area contributed by atoms with Crippen molar-refractivity contribution < 1.29 is 4.79 Å². The molecular formula is C27H24ClN3O. The maximum atomic E-state index is 13.6. The summed E-state index contributed by atoms with van der Waals surface area (Å²) in [6, 6.07) is 26.0. The van der Waals surface area contributed by atoms with E-state index in [0.717, 1.165) is 46.0 Å². The number of benzene rings is 3. The van der Waals surface area contributed by atoms with Gasteiger partial charge in [-0.3, -0.25) is 4.79 Å². The molecular weight excluding hydrogens is 418 g/mol. The first-order valence-corrected chi connectivity index (χ1v) is 11.2. The van der Waals surface area contributed by atoms with Crippen LogP contribution in [0.3, 0.4) is 0 Å². The Morgan fingerprint density at radius 1 is 0.875 bits per heavy atom. The number of carbonyl (C=O) groups excluding carboxylic acids is 1. The summed E-state index contributed by atoms with van der Waals surface area (Å²) in [4.78, 5) is 22.7. The molecule has 0 aliphatic carbocycles. The van der Waals surface area contributed by atoms with Crippen LogP contribution in [0.15, 0.2) is 78.9 Å². The number of halogens is 1. The summed E-state index contributed by atoms with van der Waals surface area (Å²) in [6.45, 7) is 5.01. The van der Waals surface area contributed by atoms with Gasteiger partial charge in [0.15, 0.2) is 0 Å². The molecule has 5 rings (SSSR count). The minimum absolute atomic E-state index is 0.0627. The molecule has 2 heterocycles. The summed E-state index contributed by atoms with van der Waals surface area (Å²) in [5.74, 6) is 0.0627. The fourth-order valence-electron chi connectivity index (χ4n) is 4.21. The molecule has 32 heavy (non-hydrogen) atoms. The Morgan fingerprint density at radius 3 is 2.28 bits per heavy atom. The molecule has 3 aromatic carbocycles. The van der Waals surface area contributed by atoms with Gasteiger partial charge in [-0.25, -0.2) is 4.98 Å². The predicted octanol–water partition coefficient (Wildman–Crippen LogP) is 5.83. The van der Waals surface area contributed by atoms with Crippen LogP contribution >= 0.6 is 11.6 Å². The normalized spacial score (nSPS) is 14.1. The molecule has 0 unspecified atom stereocenters. The number of hydrogen-bond donors (Lipinski definition) is 0. The zero-order valence-electron chi connectivity index (χ0n) is 18.0. The van der Waals surface area contributed by atoms with Gasteiger partial charge in [-0.1, -0.05) is 59.6 Å². The number of hydrogen-bond acceptors (Lipinski definition) is 3. The molecule has 1 saturated heterocycles. The first-order valence-electron chi connectivity index (χ1n) is 10.8. The van der Waals surface area contributed by atoms with Crippen LogP contribution in [0.2, 0.25) is 5.02 Å². The second-order valence-electron chi connectivity index (χ2n) is 8.19. The first-order chi connectivity index (χ1) is 15.6. The number of aryl methyl sites for hydroxylation is 1. The van der Waals surface area contributed by atoms with Gasteiger partial charge in [0.2, 0.25) is 0 Å². The van der Waals surface area contributed by atoms with Crippen molar-refractivity contribution >= 4 is 34.1 Å². The molecule has 5 heteroatoms. The van der Waals surface area contributed by atoms with E-state index in [-0.39, 0.29) is 5.91 Å². The van der Waals surface area contributed by atoms with Gasteiger partial charge in [0.1, 0.15) is 0 Å². The molecule has 0 N–H and O–H groups in total.